The third-order valence-corrected chi connectivity index (χ3v) is 4.23. The predicted molar refractivity (Wildman–Crippen MR) is 82.8 cm³/mol. The minimum absolute atomic E-state index is 0.418. The van der Waals surface area contributed by atoms with Crippen LogP contribution in [0.2, 0.25) is 10.0 Å². The molecule has 1 heterocycles. The fraction of sp³-hybridized carbons (Fsp3) is 0.357. The number of halogens is 2. The van der Waals surface area contributed by atoms with Gasteiger partial charge in [-0.3, -0.25) is 0 Å². The Bertz CT molecular complexity index is 585. The summed E-state index contributed by atoms with van der Waals surface area (Å²) in [6.45, 7) is 1.14. The third-order valence-electron chi connectivity index (χ3n) is 3.09. The van der Waals surface area contributed by atoms with Crippen LogP contribution in [0.15, 0.2) is 23.0 Å². The molecule has 0 unspecified atom stereocenters. The van der Waals surface area contributed by atoms with Crippen LogP contribution in [0.1, 0.15) is 24.1 Å². The zero-order valence-electron chi connectivity index (χ0n) is 10.7. The van der Waals surface area contributed by atoms with Gasteiger partial charge in [-0.15, -0.1) is 11.3 Å². The summed E-state index contributed by atoms with van der Waals surface area (Å²) in [6, 6.07) is 4.23. The summed E-state index contributed by atoms with van der Waals surface area (Å²) in [7, 11) is 0. The molecule has 1 aliphatic carbocycles. The Kier molecular flexibility index (Phi) is 4.46. The maximum absolute atomic E-state index is 6.25. The quantitative estimate of drug-likeness (QED) is 0.859. The highest BCUT2D eigenvalue weighted by molar-refractivity contribution is 7.07. The van der Waals surface area contributed by atoms with Crippen LogP contribution in [0.25, 0.3) is 0 Å². The molecule has 1 N–H and O–H groups in total. The summed E-state index contributed by atoms with van der Waals surface area (Å²) in [5.41, 5.74) is 3.68. The molecule has 3 rings (SSSR count). The highest BCUT2D eigenvalue weighted by Gasteiger charge is 2.21. The van der Waals surface area contributed by atoms with Gasteiger partial charge in [-0.05, 0) is 25.0 Å². The van der Waals surface area contributed by atoms with E-state index in [0.717, 1.165) is 17.8 Å². The molecule has 1 saturated carbocycles. The van der Waals surface area contributed by atoms with E-state index in [1.807, 2.05) is 11.4 Å². The first kappa shape index (κ1) is 14.1. The lowest BCUT2D eigenvalue weighted by Crippen LogP contribution is -2.16. The largest absolute Gasteiger partial charge is 0.485 e. The van der Waals surface area contributed by atoms with Crippen LogP contribution in [0.3, 0.4) is 0 Å². The standard InChI is InChI=1S/C14H14Cl2N2OS/c15-10-3-9(5-17-11-1-2-11)14(13(16)4-10)19-6-12-7-20-8-18-12/h3-4,7-8,11,17H,1-2,5-6H2. The summed E-state index contributed by atoms with van der Waals surface area (Å²) in [5, 5.41) is 6.58. The number of benzene rings is 1. The van der Waals surface area contributed by atoms with Crippen molar-refractivity contribution in [3.05, 3.63) is 44.3 Å². The summed E-state index contributed by atoms with van der Waals surface area (Å²) in [5.74, 6) is 0.692. The van der Waals surface area contributed by atoms with Crippen molar-refractivity contribution in [3.8, 4) is 5.75 Å². The van der Waals surface area contributed by atoms with Crippen LogP contribution in [-0.4, -0.2) is 11.0 Å². The molecule has 0 spiro atoms. The molecule has 3 nitrogen and oxygen atoms in total. The zero-order valence-corrected chi connectivity index (χ0v) is 13.1. The molecule has 0 radical (unpaired) electrons. The summed E-state index contributed by atoms with van der Waals surface area (Å²) in [4.78, 5) is 4.20. The van der Waals surface area contributed by atoms with Gasteiger partial charge in [-0.2, -0.15) is 0 Å². The van der Waals surface area contributed by atoms with Crippen molar-refractivity contribution in [1.29, 1.82) is 0 Å². The number of thiazole rings is 1. The molecule has 106 valence electrons. The van der Waals surface area contributed by atoms with Crippen LogP contribution in [-0.2, 0) is 13.2 Å². The average molecular weight is 329 g/mol. The van der Waals surface area contributed by atoms with Crippen molar-refractivity contribution in [3.63, 3.8) is 0 Å². The topological polar surface area (TPSA) is 34.1 Å². The van der Waals surface area contributed by atoms with Gasteiger partial charge in [0.2, 0.25) is 0 Å². The molecule has 20 heavy (non-hydrogen) atoms. The Morgan fingerprint density at radius 3 is 2.90 bits per heavy atom. The molecule has 0 saturated heterocycles. The van der Waals surface area contributed by atoms with E-state index in [0.29, 0.717) is 28.4 Å². The molecule has 0 atom stereocenters. The Balaban J connectivity index is 1.75. The molecule has 1 aliphatic rings. The van der Waals surface area contributed by atoms with Gasteiger partial charge < -0.3 is 10.1 Å². The molecule has 0 aliphatic heterocycles. The lowest BCUT2D eigenvalue weighted by Gasteiger charge is -2.14. The van der Waals surface area contributed by atoms with Gasteiger partial charge in [0.25, 0.3) is 0 Å². The second-order valence-electron chi connectivity index (χ2n) is 4.80. The molecule has 2 aromatic rings. The van der Waals surface area contributed by atoms with Gasteiger partial charge in [0.15, 0.2) is 0 Å². The lowest BCUT2D eigenvalue weighted by molar-refractivity contribution is 0.298. The second-order valence-corrected chi connectivity index (χ2v) is 6.36. The Labute approximate surface area is 131 Å². The van der Waals surface area contributed by atoms with E-state index in [1.54, 1.807) is 22.9 Å². The molecule has 6 heteroatoms. The Morgan fingerprint density at radius 1 is 1.35 bits per heavy atom. The third kappa shape index (κ3) is 3.64. The summed E-state index contributed by atoms with van der Waals surface area (Å²) < 4.78 is 5.83. The van der Waals surface area contributed by atoms with Gasteiger partial charge >= 0.3 is 0 Å². The minimum Gasteiger partial charge on any atom is -0.485 e. The Hall–Kier alpha value is -0.810. The number of hydrogen-bond donors (Lipinski definition) is 1. The normalized spacial score (nSPS) is 14.5. The van der Waals surface area contributed by atoms with Crippen LogP contribution >= 0.6 is 34.5 Å². The van der Waals surface area contributed by atoms with Crippen LogP contribution in [0, 0.1) is 0 Å². The van der Waals surface area contributed by atoms with E-state index in [-0.39, 0.29) is 0 Å². The van der Waals surface area contributed by atoms with Gasteiger partial charge in [-0.1, -0.05) is 23.2 Å². The van der Waals surface area contributed by atoms with Crippen molar-refractivity contribution >= 4 is 34.5 Å². The molecule has 0 bridgehead atoms. The minimum atomic E-state index is 0.418. The van der Waals surface area contributed by atoms with E-state index in [9.17, 15) is 0 Å². The fourth-order valence-corrected chi connectivity index (χ4v) is 3.04. The number of aromatic nitrogens is 1. The highest BCUT2D eigenvalue weighted by atomic mass is 35.5. The first-order valence-corrected chi connectivity index (χ1v) is 8.13. The van der Waals surface area contributed by atoms with Crippen LogP contribution in [0.4, 0.5) is 0 Å². The predicted octanol–water partition coefficient (Wildman–Crippen LogP) is 4.28. The SMILES string of the molecule is Clc1cc(Cl)c(OCc2cscn2)c(CNC2CC2)c1. The number of ether oxygens (including phenoxy) is 1. The van der Waals surface area contributed by atoms with E-state index in [2.05, 4.69) is 10.3 Å². The van der Waals surface area contributed by atoms with Gasteiger partial charge in [0.05, 0.1) is 16.2 Å². The highest BCUT2D eigenvalue weighted by Crippen LogP contribution is 2.33. The molecule has 1 fully saturated rings. The van der Waals surface area contributed by atoms with Crippen molar-refractivity contribution < 1.29 is 4.74 Å². The average Bonchev–Trinajstić information content (AvgIpc) is 3.10. The second kappa shape index (κ2) is 6.31. The zero-order chi connectivity index (χ0) is 13.9. The molecule has 1 aromatic carbocycles. The van der Waals surface area contributed by atoms with Crippen molar-refractivity contribution in [2.24, 2.45) is 0 Å². The smallest absolute Gasteiger partial charge is 0.143 e. The number of rotatable bonds is 6. The maximum atomic E-state index is 6.25. The van der Waals surface area contributed by atoms with Crippen molar-refractivity contribution in [1.82, 2.24) is 10.3 Å². The Morgan fingerprint density at radius 2 is 2.20 bits per heavy atom. The fourth-order valence-electron chi connectivity index (χ4n) is 1.90. The molecule has 1 aromatic heterocycles. The lowest BCUT2D eigenvalue weighted by atomic mass is 10.2. The summed E-state index contributed by atoms with van der Waals surface area (Å²) >= 11 is 13.9. The first-order valence-electron chi connectivity index (χ1n) is 6.43. The molecule has 0 amide bonds. The first-order chi connectivity index (χ1) is 9.72. The summed E-state index contributed by atoms with van der Waals surface area (Å²) in [6.07, 6.45) is 2.48. The van der Waals surface area contributed by atoms with Gasteiger partial charge in [0, 0.05) is 28.6 Å². The van der Waals surface area contributed by atoms with Crippen molar-refractivity contribution in [2.75, 3.05) is 0 Å². The van der Waals surface area contributed by atoms with E-state index < -0.39 is 0 Å². The number of hydrogen-bond acceptors (Lipinski definition) is 4. The number of nitrogens with one attached hydrogen (secondary N) is 1. The van der Waals surface area contributed by atoms with E-state index in [4.69, 9.17) is 27.9 Å². The van der Waals surface area contributed by atoms with Gasteiger partial charge in [-0.25, -0.2) is 4.98 Å². The van der Waals surface area contributed by atoms with Gasteiger partial charge in [0.1, 0.15) is 12.4 Å². The van der Waals surface area contributed by atoms with E-state index >= 15 is 0 Å². The maximum Gasteiger partial charge on any atom is 0.143 e. The van der Waals surface area contributed by atoms with Crippen LogP contribution < -0.4 is 10.1 Å². The molecular formula is C14H14Cl2N2OS. The van der Waals surface area contributed by atoms with Crippen LogP contribution in [0.5, 0.6) is 5.75 Å². The monoisotopic (exact) mass is 328 g/mol. The number of nitrogens with zero attached hydrogens (tertiary/aromatic N) is 1. The van der Waals surface area contributed by atoms with E-state index in [1.165, 1.54) is 12.8 Å². The molecular weight excluding hydrogens is 315 g/mol. The van der Waals surface area contributed by atoms with Crippen molar-refractivity contribution in [2.45, 2.75) is 32.0 Å².